The van der Waals surface area contributed by atoms with E-state index in [0.717, 1.165) is 22.2 Å². The molecule has 2 aromatic carbocycles. The zero-order chi connectivity index (χ0) is 22.4. The van der Waals surface area contributed by atoms with Crippen LogP contribution in [0.15, 0.2) is 59.6 Å². The Morgan fingerprint density at radius 1 is 1.06 bits per heavy atom. The third kappa shape index (κ3) is 5.94. The Morgan fingerprint density at radius 2 is 1.81 bits per heavy atom. The monoisotopic (exact) mass is 460 g/mol. The first-order valence-corrected chi connectivity index (χ1v) is 11.7. The van der Waals surface area contributed by atoms with Crippen LogP contribution in [0.3, 0.4) is 0 Å². The number of amides is 1. The number of fused-ring (bicyclic) bond motifs is 1. The summed E-state index contributed by atoms with van der Waals surface area (Å²) in [6.45, 7) is 1.06. The number of hydrogen-bond donors (Lipinski definition) is 2. The average Bonchev–Trinajstić information content (AvgIpc) is 2.75. The molecule has 3 rings (SSSR count). The third-order valence-corrected chi connectivity index (χ3v) is 6.87. The maximum Gasteiger partial charge on any atom is 0.242 e. The molecule has 0 atom stereocenters. The summed E-state index contributed by atoms with van der Waals surface area (Å²) in [6.07, 6.45) is 2.59. The van der Waals surface area contributed by atoms with Crippen molar-refractivity contribution < 1.29 is 13.2 Å². The van der Waals surface area contributed by atoms with Gasteiger partial charge in [-0.3, -0.25) is 9.78 Å². The van der Waals surface area contributed by atoms with Crippen molar-refractivity contribution in [3.05, 3.63) is 65.3 Å². The smallest absolute Gasteiger partial charge is 0.242 e. The molecule has 31 heavy (non-hydrogen) atoms. The zero-order valence-electron chi connectivity index (χ0n) is 17.4. The predicted molar refractivity (Wildman–Crippen MR) is 124 cm³/mol. The lowest BCUT2D eigenvalue weighted by molar-refractivity contribution is -0.120. The minimum Gasteiger partial charge on any atom is -0.383 e. The second-order valence-electron chi connectivity index (χ2n) is 7.23. The molecule has 0 radical (unpaired) electrons. The second kappa shape index (κ2) is 10.1. The number of nitrogens with one attached hydrogen (secondary N) is 2. The van der Waals surface area contributed by atoms with Gasteiger partial charge in [0.15, 0.2) is 0 Å². The topological polar surface area (TPSA) is 91.4 Å². The molecule has 1 amide bonds. The van der Waals surface area contributed by atoms with Crippen LogP contribution < -0.4 is 10.6 Å². The number of hydrogen-bond acceptors (Lipinski definition) is 5. The highest BCUT2D eigenvalue weighted by Crippen LogP contribution is 2.24. The molecule has 164 valence electrons. The van der Waals surface area contributed by atoms with Crippen molar-refractivity contribution >= 4 is 44.1 Å². The van der Waals surface area contributed by atoms with Crippen LogP contribution in [0.5, 0.6) is 0 Å². The van der Waals surface area contributed by atoms with Crippen LogP contribution in [0, 0.1) is 0 Å². The van der Waals surface area contributed by atoms with Crippen LogP contribution in [0.4, 0.5) is 5.69 Å². The van der Waals surface area contributed by atoms with Gasteiger partial charge >= 0.3 is 0 Å². The maximum atomic E-state index is 12.1. The number of sulfonamides is 1. The first-order chi connectivity index (χ1) is 14.8. The summed E-state index contributed by atoms with van der Waals surface area (Å²) in [5.41, 5.74) is 2.66. The molecule has 3 aromatic rings. The van der Waals surface area contributed by atoms with Crippen LogP contribution in [0.1, 0.15) is 12.0 Å². The van der Waals surface area contributed by atoms with E-state index in [1.807, 2.05) is 24.3 Å². The Morgan fingerprint density at radius 3 is 2.52 bits per heavy atom. The van der Waals surface area contributed by atoms with Crippen molar-refractivity contribution in [2.24, 2.45) is 0 Å². The minimum atomic E-state index is -3.44. The summed E-state index contributed by atoms with van der Waals surface area (Å²) in [7, 11) is -0.452. The molecule has 1 heterocycles. The lowest BCUT2D eigenvalue weighted by atomic mass is 10.1. The largest absolute Gasteiger partial charge is 0.383 e. The third-order valence-electron chi connectivity index (χ3n) is 4.81. The highest BCUT2D eigenvalue weighted by atomic mass is 35.5. The normalized spacial score (nSPS) is 11.6. The number of benzene rings is 2. The van der Waals surface area contributed by atoms with Crippen LogP contribution in [-0.2, 0) is 21.2 Å². The molecule has 0 saturated carbocycles. The predicted octanol–water partition coefficient (Wildman–Crippen LogP) is 3.30. The molecule has 0 saturated heterocycles. The second-order valence-corrected chi connectivity index (χ2v) is 9.82. The van der Waals surface area contributed by atoms with Crippen molar-refractivity contribution in [3.63, 3.8) is 0 Å². The summed E-state index contributed by atoms with van der Waals surface area (Å²) >= 11 is 6.01. The number of carbonyl (C=O) groups excluding carboxylic acids is 1. The number of halogens is 1. The Labute approximate surface area is 187 Å². The first kappa shape index (κ1) is 23.0. The Bertz CT molecular complexity index is 1170. The fourth-order valence-electron chi connectivity index (χ4n) is 3.06. The van der Waals surface area contributed by atoms with Gasteiger partial charge < -0.3 is 10.6 Å². The number of rotatable bonds is 9. The van der Waals surface area contributed by atoms with Gasteiger partial charge in [0.25, 0.3) is 0 Å². The van der Waals surface area contributed by atoms with Gasteiger partial charge in [0.1, 0.15) is 0 Å². The molecule has 0 aliphatic heterocycles. The van der Waals surface area contributed by atoms with Crippen LogP contribution in [-0.4, -0.2) is 50.8 Å². The standard InChI is InChI=1S/C22H25ClN4O3S/c1-27(2)31(29,30)18-7-3-16(4-8-18)5-10-22(28)26-14-13-25-20-11-12-24-21-15-17(23)6-9-19(20)21/h3-4,6-9,11-12,15H,5,10,13-14H2,1-2H3,(H,24,25)(H,26,28). The number of anilines is 1. The summed E-state index contributed by atoms with van der Waals surface area (Å²) in [6, 6.07) is 14.1. The van der Waals surface area contributed by atoms with Gasteiger partial charge in [-0.1, -0.05) is 23.7 Å². The number of aryl methyl sites for hydroxylation is 1. The number of nitrogens with zero attached hydrogens (tertiary/aromatic N) is 2. The van der Waals surface area contributed by atoms with E-state index in [0.29, 0.717) is 31.0 Å². The number of pyridine rings is 1. The molecular formula is C22H25ClN4O3S. The van der Waals surface area contributed by atoms with Crippen molar-refractivity contribution in [2.75, 3.05) is 32.5 Å². The molecule has 0 unspecified atom stereocenters. The molecule has 0 aliphatic rings. The van der Waals surface area contributed by atoms with E-state index in [-0.39, 0.29) is 10.8 Å². The first-order valence-electron chi connectivity index (χ1n) is 9.83. The van der Waals surface area contributed by atoms with E-state index < -0.39 is 10.0 Å². The quantitative estimate of drug-likeness (QED) is 0.478. The fraction of sp³-hybridized carbons (Fsp3) is 0.273. The molecule has 9 heteroatoms. The highest BCUT2D eigenvalue weighted by Gasteiger charge is 2.16. The lowest BCUT2D eigenvalue weighted by Gasteiger charge is -2.12. The Hall–Kier alpha value is -2.68. The molecule has 1 aromatic heterocycles. The molecule has 0 fully saturated rings. The van der Waals surface area contributed by atoms with Crippen molar-refractivity contribution in [3.8, 4) is 0 Å². The van der Waals surface area contributed by atoms with Crippen molar-refractivity contribution in [2.45, 2.75) is 17.7 Å². The Balaban J connectivity index is 1.44. The van der Waals surface area contributed by atoms with Gasteiger partial charge in [0.2, 0.25) is 15.9 Å². The SMILES string of the molecule is CN(C)S(=O)(=O)c1ccc(CCC(=O)NCCNc2ccnc3cc(Cl)ccc23)cc1. The van der Waals surface area contributed by atoms with Gasteiger partial charge in [-0.05, 0) is 48.4 Å². The maximum absolute atomic E-state index is 12.1. The molecule has 0 aliphatic carbocycles. The minimum absolute atomic E-state index is 0.0573. The average molecular weight is 461 g/mol. The van der Waals surface area contributed by atoms with E-state index in [2.05, 4.69) is 15.6 Å². The van der Waals surface area contributed by atoms with E-state index in [9.17, 15) is 13.2 Å². The van der Waals surface area contributed by atoms with E-state index in [1.54, 1.807) is 30.5 Å². The van der Waals surface area contributed by atoms with Gasteiger partial charge in [-0.15, -0.1) is 0 Å². The van der Waals surface area contributed by atoms with E-state index in [4.69, 9.17) is 11.6 Å². The summed E-state index contributed by atoms with van der Waals surface area (Å²) in [4.78, 5) is 16.7. The zero-order valence-corrected chi connectivity index (χ0v) is 19.0. The van der Waals surface area contributed by atoms with Crippen LogP contribution >= 0.6 is 11.6 Å². The van der Waals surface area contributed by atoms with Gasteiger partial charge in [-0.2, -0.15) is 0 Å². The lowest BCUT2D eigenvalue weighted by Crippen LogP contribution is -2.28. The number of aromatic nitrogens is 1. The summed E-state index contributed by atoms with van der Waals surface area (Å²) < 4.78 is 25.4. The molecule has 0 spiro atoms. The van der Waals surface area contributed by atoms with Crippen molar-refractivity contribution in [1.29, 1.82) is 0 Å². The highest BCUT2D eigenvalue weighted by molar-refractivity contribution is 7.89. The fourth-order valence-corrected chi connectivity index (χ4v) is 4.13. The number of carbonyl (C=O) groups is 1. The molecule has 2 N–H and O–H groups in total. The van der Waals surface area contributed by atoms with Crippen LogP contribution in [0.2, 0.25) is 5.02 Å². The molecular weight excluding hydrogens is 436 g/mol. The van der Waals surface area contributed by atoms with E-state index >= 15 is 0 Å². The summed E-state index contributed by atoms with van der Waals surface area (Å²) in [5, 5.41) is 7.80. The molecule has 7 nitrogen and oxygen atoms in total. The molecule has 0 bridgehead atoms. The van der Waals surface area contributed by atoms with Gasteiger partial charge in [0, 0.05) is 55.9 Å². The van der Waals surface area contributed by atoms with Crippen molar-refractivity contribution in [1.82, 2.24) is 14.6 Å². The van der Waals surface area contributed by atoms with Gasteiger partial charge in [-0.25, -0.2) is 12.7 Å². The van der Waals surface area contributed by atoms with Crippen LogP contribution in [0.25, 0.3) is 10.9 Å². The van der Waals surface area contributed by atoms with E-state index in [1.165, 1.54) is 18.4 Å². The summed E-state index contributed by atoms with van der Waals surface area (Å²) in [5.74, 6) is -0.0573. The Kier molecular flexibility index (Phi) is 7.48. The van der Waals surface area contributed by atoms with Gasteiger partial charge in [0.05, 0.1) is 10.4 Å².